The van der Waals surface area contributed by atoms with Gasteiger partial charge in [0.15, 0.2) is 0 Å². The Labute approximate surface area is 179 Å². The number of carbonyl (C=O) groups is 6. The Morgan fingerprint density at radius 1 is 0.750 bits per heavy atom. The number of ether oxygens (including phenoxy) is 4. The summed E-state index contributed by atoms with van der Waals surface area (Å²) in [7, 11) is 0. The summed E-state index contributed by atoms with van der Waals surface area (Å²) in [5, 5.41) is 0. The Bertz CT molecular complexity index is 1220. The highest BCUT2D eigenvalue weighted by atomic mass is 16.6. The number of nitrogens with two attached hydrogens (primary N) is 1. The van der Waals surface area contributed by atoms with Crippen LogP contribution in [-0.4, -0.2) is 41.9 Å². The van der Waals surface area contributed by atoms with Gasteiger partial charge in [0, 0.05) is 6.42 Å². The van der Waals surface area contributed by atoms with Gasteiger partial charge >= 0.3 is 35.8 Å². The van der Waals surface area contributed by atoms with Gasteiger partial charge in [0.2, 0.25) is 0 Å². The number of carbonyl (C=O) groups excluding carboxylic acids is 6. The van der Waals surface area contributed by atoms with Crippen molar-refractivity contribution in [1.82, 2.24) is 0 Å². The summed E-state index contributed by atoms with van der Waals surface area (Å²) in [4.78, 5) is 70.2. The average molecular weight is 439 g/mol. The van der Waals surface area contributed by atoms with E-state index in [9.17, 15) is 28.8 Å². The predicted octanol–water partition coefficient (Wildman–Crippen LogP) is 0.926. The molecule has 11 heteroatoms. The Kier molecular flexibility index (Phi) is 5.24. The summed E-state index contributed by atoms with van der Waals surface area (Å²) in [6.45, 7) is 0. The lowest BCUT2D eigenvalue weighted by molar-refractivity contribution is -0.137. The molecule has 0 radical (unpaired) electrons. The number of rotatable bonds is 6. The van der Waals surface area contributed by atoms with Crippen LogP contribution in [0.4, 0.5) is 0 Å². The van der Waals surface area contributed by atoms with Crippen molar-refractivity contribution in [3.8, 4) is 11.5 Å². The molecule has 2 heterocycles. The zero-order valence-corrected chi connectivity index (χ0v) is 16.1. The van der Waals surface area contributed by atoms with Gasteiger partial charge in [0.05, 0.1) is 22.3 Å². The third-order valence-corrected chi connectivity index (χ3v) is 4.64. The van der Waals surface area contributed by atoms with E-state index in [2.05, 4.69) is 9.47 Å². The minimum atomic E-state index is -1.18. The van der Waals surface area contributed by atoms with E-state index in [4.69, 9.17) is 15.2 Å². The minimum Gasteiger partial charge on any atom is -0.427 e. The molecule has 0 spiro atoms. The van der Waals surface area contributed by atoms with Crippen LogP contribution in [0.2, 0.25) is 0 Å². The van der Waals surface area contributed by atoms with Gasteiger partial charge in [-0.05, 0) is 42.8 Å². The van der Waals surface area contributed by atoms with Gasteiger partial charge < -0.3 is 24.7 Å². The molecule has 0 amide bonds. The van der Waals surface area contributed by atoms with Gasteiger partial charge in [-0.15, -0.1) is 0 Å². The summed E-state index contributed by atoms with van der Waals surface area (Å²) in [6, 6.07) is 6.43. The first-order valence-electron chi connectivity index (χ1n) is 9.22. The Morgan fingerprint density at radius 3 is 1.75 bits per heavy atom. The van der Waals surface area contributed by atoms with Gasteiger partial charge in [-0.25, -0.2) is 24.0 Å². The zero-order chi connectivity index (χ0) is 23.0. The summed E-state index contributed by atoms with van der Waals surface area (Å²) in [5.74, 6) is -4.84. The van der Waals surface area contributed by atoms with E-state index < -0.39 is 41.9 Å². The van der Waals surface area contributed by atoms with Crippen LogP contribution in [0.15, 0.2) is 36.4 Å². The molecule has 2 aromatic rings. The van der Waals surface area contributed by atoms with Crippen molar-refractivity contribution < 1.29 is 47.7 Å². The summed E-state index contributed by atoms with van der Waals surface area (Å²) < 4.78 is 19.1. The summed E-state index contributed by atoms with van der Waals surface area (Å²) in [6.07, 6.45) is -0.365. The Hall–Kier alpha value is -4.38. The molecule has 0 aliphatic carbocycles. The number of benzene rings is 2. The van der Waals surface area contributed by atoms with Crippen molar-refractivity contribution in [2.24, 2.45) is 5.73 Å². The number of hydrogen-bond donors (Lipinski definition) is 1. The molecule has 0 aromatic heterocycles. The molecule has 4 rings (SSSR count). The van der Waals surface area contributed by atoms with Crippen molar-refractivity contribution in [1.29, 1.82) is 0 Å². The minimum absolute atomic E-state index is 0.0134. The predicted molar refractivity (Wildman–Crippen MR) is 101 cm³/mol. The van der Waals surface area contributed by atoms with E-state index in [-0.39, 0.29) is 46.6 Å². The van der Waals surface area contributed by atoms with Crippen LogP contribution in [0.1, 0.15) is 54.3 Å². The standard InChI is InChI=1S/C21H13NO10/c22-15(21(28)30-10-2-4-12-14(8-10)20(27)32-18(12)25)5-6-16(23)29-9-1-3-11-13(7-9)19(26)31-17(11)24/h1-4,7-8,15H,5-6,22H2/t15-/m0/s1. The molecule has 0 unspecified atom stereocenters. The second kappa shape index (κ2) is 8.04. The van der Waals surface area contributed by atoms with E-state index in [0.717, 1.165) is 0 Å². The molecule has 0 bridgehead atoms. The second-order valence-electron chi connectivity index (χ2n) is 6.81. The molecule has 2 N–H and O–H groups in total. The van der Waals surface area contributed by atoms with Crippen LogP contribution < -0.4 is 15.2 Å². The molecule has 0 saturated carbocycles. The van der Waals surface area contributed by atoms with Crippen LogP contribution in [-0.2, 0) is 19.1 Å². The highest BCUT2D eigenvalue weighted by Gasteiger charge is 2.31. The zero-order valence-electron chi connectivity index (χ0n) is 16.1. The van der Waals surface area contributed by atoms with Crippen molar-refractivity contribution in [3.63, 3.8) is 0 Å². The third kappa shape index (κ3) is 3.96. The lowest BCUT2D eigenvalue weighted by atomic mass is 10.1. The lowest BCUT2D eigenvalue weighted by Gasteiger charge is -2.11. The molecule has 0 saturated heterocycles. The van der Waals surface area contributed by atoms with Crippen LogP contribution in [0.3, 0.4) is 0 Å². The third-order valence-electron chi connectivity index (χ3n) is 4.64. The lowest BCUT2D eigenvalue weighted by Crippen LogP contribution is -2.35. The van der Waals surface area contributed by atoms with Gasteiger partial charge in [-0.1, -0.05) is 0 Å². The molecule has 2 aromatic carbocycles. The molecule has 2 aliphatic rings. The van der Waals surface area contributed by atoms with Gasteiger partial charge in [0.25, 0.3) is 0 Å². The first-order chi connectivity index (χ1) is 15.2. The molecule has 1 atom stereocenters. The van der Waals surface area contributed by atoms with Gasteiger partial charge in [0.1, 0.15) is 17.5 Å². The van der Waals surface area contributed by atoms with Crippen LogP contribution >= 0.6 is 0 Å². The van der Waals surface area contributed by atoms with E-state index in [0.29, 0.717) is 0 Å². The maximum atomic E-state index is 12.2. The van der Waals surface area contributed by atoms with Gasteiger partial charge in [-0.3, -0.25) is 4.79 Å². The van der Waals surface area contributed by atoms with E-state index in [1.165, 1.54) is 36.4 Å². The maximum absolute atomic E-state index is 12.2. The van der Waals surface area contributed by atoms with Crippen molar-refractivity contribution in [2.45, 2.75) is 18.9 Å². The summed E-state index contributed by atoms with van der Waals surface area (Å²) in [5.41, 5.74) is 5.84. The number of esters is 6. The Balaban J connectivity index is 1.30. The fraction of sp³-hybridized carbons (Fsp3) is 0.143. The molecule has 11 nitrogen and oxygen atoms in total. The number of hydrogen-bond acceptors (Lipinski definition) is 11. The fourth-order valence-electron chi connectivity index (χ4n) is 3.02. The van der Waals surface area contributed by atoms with Crippen LogP contribution in [0.25, 0.3) is 0 Å². The van der Waals surface area contributed by atoms with Crippen molar-refractivity contribution in [2.75, 3.05) is 0 Å². The largest absolute Gasteiger partial charge is 0.427 e. The van der Waals surface area contributed by atoms with E-state index >= 15 is 0 Å². The van der Waals surface area contributed by atoms with Crippen LogP contribution in [0.5, 0.6) is 11.5 Å². The highest BCUT2D eigenvalue weighted by molar-refractivity contribution is 6.15. The second-order valence-corrected chi connectivity index (χ2v) is 6.81. The number of fused-ring (bicyclic) bond motifs is 2. The van der Waals surface area contributed by atoms with E-state index in [1.807, 2.05) is 0 Å². The molecular formula is C21H13NO10. The van der Waals surface area contributed by atoms with Crippen LogP contribution in [0, 0.1) is 0 Å². The molecule has 0 fully saturated rings. The average Bonchev–Trinajstić information content (AvgIpc) is 3.20. The monoisotopic (exact) mass is 439 g/mol. The van der Waals surface area contributed by atoms with Gasteiger partial charge in [-0.2, -0.15) is 0 Å². The first-order valence-corrected chi connectivity index (χ1v) is 9.22. The SMILES string of the molecule is N[C@@H](CCC(=O)Oc1ccc2c(c1)C(=O)OC2=O)C(=O)Oc1ccc2c(c1)C(=O)OC2=O. The maximum Gasteiger partial charge on any atom is 0.347 e. The number of cyclic esters (lactones) is 4. The molecule has 162 valence electrons. The Morgan fingerprint density at radius 2 is 1.22 bits per heavy atom. The normalized spacial score (nSPS) is 14.9. The topological polar surface area (TPSA) is 165 Å². The molecule has 2 aliphatic heterocycles. The van der Waals surface area contributed by atoms with Crippen molar-refractivity contribution >= 4 is 35.8 Å². The quantitative estimate of drug-likeness (QED) is 0.386. The molecule has 32 heavy (non-hydrogen) atoms. The summed E-state index contributed by atoms with van der Waals surface area (Å²) >= 11 is 0. The first kappa shape index (κ1) is 20.9. The smallest absolute Gasteiger partial charge is 0.347 e. The fourth-order valence-corrected chi connectivity index (χ4v) is 3.02. The van der Waals surface area contributed by atoms with E-state index in [1.54, 1.807) is 0 Å². The highest BCUT2D eigenvalue weighted by Crippen LogP contribution is 2.26. The van der Waals surface area contributed by atoms with Crippen molar-refractivity contribution in [3.05, 3.63) is 58.7 Å². The molecular weight excluding hydrogens is 426 g/mol.